The lowest BCUT2D eigenvalue weighted by atomic mass is 10.2. The Kier molecular flexibility index (Phi) is 4.54. The Morgan fingerprint density at radius 3 is 2.65 bits per heavy atom. The highest BCUT2D eigenvalue weighted by molar-refractivity contribution is 9.10. The summed E-state index contributed by atoms with van der Waals surface area (Å²) in [6.07, 6.45) is -0.477. The molecule has 1 aromatic carbocycles. The van der Waals surface area contributed by atoms with Crippen LogP contribution < -0.4 is 11.1 Å². The van der Waals surface area contributed by atoms with Gasteiger partial charge in [-0.25, -0.2) is 4.79 Å². The van der Waals surface area contributed by atoms with Crippen molar-refractivity contribution in [3.63, 3.8) is 0 Å². The van der Waals surface area contributed by atoms with E-state index >= 15 is 0 Å². The SMILES string of the molecule is CC(C)(C)OC(=O)Nc1ccc(Br)cc1CN. The smallest absolute Gasteiger partial charge is 0.412 e. The van der Waals surface area contributed by atoms with Crippen LogP contribution in [0, 0.1) is 0 Å². The Balaban J connectivity index is 2.78. The molecule has 0 unspecified atom stereocenters. The maximum absolute atomic E-state index is 11.6. The molecule has 94 valence electrons. The molecule has 0 aliphatic carbocycles. The second kappa shape index (κ2) is 5.51. The van der Waals surface area contributed by atoms with Gasteiger partial charge >= 0.3 is 6.09 Å². The molecule has 1 amide bonds. The summed E-state index contributed by atoms with van der Waals surface area (Å²) in [5, 5.41) is 2.68. The summed E-state index contributed by atoms with van der Waals surface area (Å²) < 4.78 is 6.09. The first-order valence-electron chi connectivity index (χ1n) is 5.30. The minimum absolute atomic E-state index is 0.352. The van der Waals surface area contributed by atoms with Gasteiger partial charge in [-0.15, -0.1) is 0 Å². The third kappa shape index (κ3) is 4.75. The zero-order valence-electron chi connectivity index (χ0n) is 10.2. The lowest BCUT2D eigenvalue weighted by Gasteiger charge is -2.20. The number of rotatable bonds is 2. The number of amides is 1. The highest BCUT2D eigenvalue weighted by atomic mass is 79.9. The number of anilines is 1. The van der Waals surface area contributed by atoms with Crippen LogP contribution in [0.1, 0.15) is 26.3 Å². The Bertz CT molecular complexity index is 413. The standard InChI is InChI=1S/C12H17BrN2O2/c1-12(2,3)17-11(16)15-10-5-4-9(13)6-8(10)7-14/h4-6H,7,14H2,1-3H3,(H,15,16). The Morgan fingerprint density at radius 2 is 2.12 bits per heavy atom. The van der Waals surface area contributed by atoms with Crippen molar-refractivity contribution in [1.29, 1.82) is 0 Å². The van der Waals surface area contributed by atoms with Crippen LogP contribution in [0.25, 0.3) is 0 Å². The summed E-state index contributed by atoms with van der Waals surface area (Å²) in [5.74, 6) is 0. The van der Waals surface area contributed by atoms with E-state index in [1.165, 1.54) is 0 Å². The number of nitrogens with two attached hydrogens (primary N) is 1. The quantitative estimate of drug-likeness (QED) is 0.881. The van der Waals surface area contributed by atoms with E-state index in [1.807, 2.05) is 32.9 Å². The Morgan fingerprint density at radius 1 is 1.47 bits per heavy atom. The van der Waals surface area contributed by atoms with Gasteiger partial charge in [0.05, 0.1) is 0 Å². The molecule has 0 aliphatic heterocycles. The van der Waals surface area contributed by atoms with E-state index in [0.717, 1.165) is 10.0 Å². The summed E-state index contributed by atoms with van der Waals surface area (Å²) >= 11 is 3.35. The van der Waals surface area contributed by atoms with E-state index in [9.17, 15) is 4.79 Å². The van der Waals surface area contributed by atoms with Crippen molar-refractivity contribution in [3.05, 3.63) is 28.2 Å². The van der Waals surface area contributed by atoms with Gasteiger partial charge < -0.3 is 10.5 Å². The zero-order valence-corrected chi connectivity index (χ0v) is 11.8. The molecule has 3 N–H and O–H groups in total. The molecule has 0 fully saturated rings. The predicted octanol–water partition coefficient (Wildman–Crippen LogP) is 3.25. The van der Waals surface area contributed by atoms with Crippen LogP contribution in [-0.2, 0) is 11.3 Å². The molecular weight excluding hydrogens is 284 g/mol. The molecule has 4 nitrogen and oxygen atoms in total. The van der Waals surface area contributed by atoms with Crippen molar-refractivity contribution < 1.29 is 9.53 Å². The normalized spacial score (nSPS) is 11.1. The monoisotopic (exact) mass is 300 g/mol. The molecule has 0 radical (unpaired) electrons. The van der Waals surface area contributed by atoms with Crippen molar-refractivity contribution in [3.8, 4) is 0 Å². The van der Waals surface area contributed by atoms with Crippen molar-refractivity contribution in [1.82, 2.24) is 0 Å². The number of carbonyl (C=O) groups is 1. The first-order chi connectivity index (χ1) is 7.81. The lowest BCUT2D eigenvalue weighted by molar-refractivity contribution is 0.0636. The van der Waals surface area contributed by atoms with E-state index in [1.54, 1.807) is 6.07 Å². The minimum atomic E-state index is -0.512. The topological polar surface area (TPSA) is 64.3 Å². The largest absolute Gasteiger partial charge is 0.444 e. The fraction of sp³-hybridized carbons (Fsp3) is 0.417. The van der Waals surface area contributed by atoms with Gasteiger partial charge in [0, 0.05) is 16.7 Å². The fourth-order valence-electron chi connectivity index (χ4n) is 1.27. The maximum atomic E-state index is 11.6. The number of carbonyl (C=O) groups excluding carboxylic acids is 1. The highest BCUT2D eigenvalue weighted by Gasteiger charge is 2.16. The summed E-state index contributed by atoms with van der Waals surface area (Å²) in [6, 6.07) is 5.49. The fourth-order valence-corrected chi connectivity index (χ4v) is 1.68. The molecule has 0 atom stereocenters. The van der Waals surface area contributed by atoms with Crippen LogP contribution in [0.2, 0.25) is 0 Å². The average Bonchev–Trinajstić information content (AvgIpc) is 2.17. The molecule has 17 heavy (non-hydrogen) atoms. The van der Waals surface area contributed by atoms with Gasteiger partial charge in [-0.05, 0) is 44.5 Å². The molecule has 0 saturated heterocycles. The Labute approximate surface area is 110 Å². The number of hydrogen-bond donors (Lipinski definition) is 2. The van der Waals surface area contributed by atoms with Gasteiger partial charge in [-0.2, -0.15) is 0 Å². The van der Waals surface area contributed by atoms with E-state index in [4.69, 9.17) is 10.5 Å². The van der Waals surface area contributed by atoms with Crippen LogP contribution >= 0.6 is 15.9 Å². The second-order valence-corrected chi connectivity index (χ2v) is 5.55. The van der Waals surface area contributed by atoms with Gasteiger partial charge in [0.1, 0.15) is 5.60 Å². The first-order valence-corrected chi connectivity index (χ1v) is 6.09. The van der Waals surface area contributed by atoms with Crippen molar-refractivity contribution in [2.24, 2.45) is 5.73 Å². The van der Waals surface area contributed by atoms with Gasteiger partial charge in [-0.3, -0.25) is 5.32 Å². The summed E-state index contributed by atoms with van der Waals surface area (Å²) in [4.78, 5) is 11.6. The predicted molar refractivity (Wildman–Crippen MR) is 71.9 cm³/mol. The second-order valence-electron chi connectivity index (χ2n) is 4.63. The maximum Gasteiger partial charge on any atom is 0.412 e. The molecule has 1 rings (SSSR count). The summed E-state index contributed by atoms with van der Waals surface area (Å²) in [6.45, 7) is 5.80. The van der Waals surface area contributed by atoms with E-state index < -0.39 is 11.7 Å². The van der Waals surface area contributed by atoms with Crippen molar-refractivity contribution in [2.45, 2.75) is 32.9 Å². The molecule has 0 spiro atoms. The van der Waals surface area contributed by atoms with Gasteiger partial charge in [0.2, 0.25) is 0 Å². The van der Waals surface area contributed by atoms with Gasteiger partial charge in [-0.1, -0.05) is 15.9 Å². The van der Waals surface area contributed by atoms with Crippen LogP contribution in [0.5, 0.6) is 0 Å². The van der Waals surface area contributed by atoms with E-state index in [2.05, 4.69) is 21.2 Å². The van der Waals surface area contributed by atoms with Gasteiger partial charge in [0.25, 0.3) is 0 Å². The molecular formula is C12H17BrN2O2. The molecule has 1 aromatic rings. The summed E-state index contributed by atoms with van der Waals surface area (Å²) in [5.41, 5.74) is 6.62. The first kappa shape index (κ1) is 14.0. The molecule has 0 heterocycles. The van der Waals surface area contributed by atoms with Gasteiger partial charge in [0.15, 0.2) is 0 Å². The van der Waals surface area contributed by atoms with Crippen LogP contribution in [0.15, 0.2) is 22.7 Å². The molecule has 0 aromatic heterocycles. The average molecular weight is 301 g/mol. The van der Waals surface area contributed by atoms with Crippen LogP contribution in [-0.4, -0.2) is 11.7 Å². The highest BCUT2D eigenvalue weighted by Crippen LogP contribution is 2.21. The third-order valence-corrected chi connectivity index (χ3v) is 2.42. The Hall–Kier alpha value is -1.07. The van der Waals surface area contributed by atoms with Crippen molar-refractivity contribution >= 4 is 27.7 Å². The van der Waals surface area contributed by atoms with Crippen molar-refractivity contribution in [2.75, 3.05) is 5.32 Å². The molecule has 0 saturated carbocycles. The van der Waals surface area contributed by atoms with E-state index in [-0.39, 0.29) is 0 Å². The summed E-state index contributed by atoms with van der Waals surface area (Å²) in [7, 11) is 0. The zero-order chi connectivity index (χ0) is 13.1. The number of halogens is 1. The molecule has 5 heteroatoms. The number of nitrogens with one attached hydrogen (secondary N) is 1. The number of benzene rings is 1. The number of hydrogen-bond acceptors (Lipinski definition) is 3. The molecule has 0 bridgehead atoms. The molecule has 0 aliphatic rings. The number of ether oxygens (including phenoxy) is 1. The van der Waals surface area contributed by atoms with Crippen LogP contribution in [0.3, 0.4) is 0 Å². The minimum Gasteiger partial charge on any atom is -0.444 e. The van der Waals surface area contributed by atoms with Crippen LogP contribution in [0.4, 0.5) is 10.5 Å². The third-order valence-electron chi connectivity index (χ3n) is 1.92. The lowest BCUT2D eigenvalue weighted by Crippen LogP contribution is -2.27. The van der Waals surface area contributed by atoms with E-state index in [0.29, 0.717) is 12.2 Å².